The predicted molar refractivity (Wildman–Crippen MR) is 99.3 cm³/mol. The summed E-state index contributed by atoms with van der Waals surface area (Å²) >= 11 is 0. The van der Waals surface area contributed by atoms with Crippen LogP contribution in [0.15, 0.2) is 18.3 Å². The topological polar surface area (TPSA) is 66.0 Å². The number of hydrogen-bond donors (Lipinski definition) is 0. The molecular formula is C19H28N4O3. The van der Waals surface area contributed by atoms with Gasteiger partial charge in [0.05, 0.1) is 6.61 Å². The van der Waals surface area contributed by atoms with E-state index in [4.69, 9.17) is 4.74 Å². The van der Waals surface area contributed by atoms with Crippen molar-refractivity contribution in [3.05, 3.63) is 24.0 Å². The summed E-state index contributed by atoms with van der Waals surface area (Å²) in [6.45, 7) is 8.69. The van der Waals surface area contributed by atoms with Crippen molar-refractivity contribution >= 4 is 17.7 Å². The average Bonchev–Trinajstić information content (AvgIpc) is 2.68. The van der Waals surface area contributed by atoms with Crippen molar-refractivity contribution in [2.45, 2.75) is 26.7 Å². The predicted octanol–water partition coefficient (Wildman–Crippen LogP) is 2.23. The summed E-state index contributed by atoms with van der Waals surface area (Å²) in [7, 11) is 0. The van der Waals surface area contributed by atoms with E-state index in [9.17, 15) is 9.59 Å². The van der Waals surface area contributed by atoms with Crippen molar-refractivity contribution < 1.29 is 14.3 Å². The van der Waals surface area contributed by atoms with Gasteiger partial charge in [-0.05, 0) is 37.8 Å². The minimum atomic E-state index is -0.253. The number of piperidine rings is 1. The van der Waals surface area contributed by atoms with Crippen LogP contribution in [0.25, 0.3) is 0 Å². The van der Waals surface area contributed by atoms with Crippen molar-refractivity contribution in [1.82, 2.24) is 14.8 Å². The molecule has 1 aromatic rings. The van der Waals surface area contributed by atoms with Crippen molar-refractivity contribution in [3.8, 4) is 0 Å². The summed E-state index contributed by atoms with van der Waals surface area (Å²) in [6, 6.07) is 3.80. The van der Waals surface area contributed by atoms with Crippen LogP contribution in [0.1, 0.15) is 37.2 Å². The maximum atomic E-state index is 12.8. The van der Waals surface area contributed by atoms with Gasteiger partial charge in [0.25, 0.3) is 5.91 Å². The van der Waals surface area contributed by atoms with E-state index in [2.05, 4.69) is 16.8 Å². The molecule has 1 unspecified atom stereocenters. The van der Waals surface area contributed by atoms with E-state index in [0.29, 0.717) is 31.3 Å². The Hall–Kier alpha value is -2.31. The number of carbonyl (C=O) groups excluding carboxylic acids is 2. The molecule has 2 aliphatic rings. The number of piperazine rings is 1. The Labute approximate surface area is 154 Å². The van der Waals surface area contributed by atoms with E-state index in [-0.39, 0.29) is 12.0 Å². The number of carbonyl (C=O) groups is 2. The minimum Gasteiger partial charge on any atom is -0.450 e. The fourth-order valence-electron chi connectivity index (χ4n) is 3.63. The van der Waals surface area contributed by atoms with Gasteiger partial charge in [-0.25, -0.2) is 4.79 Å². The fourth-order valence-corrected chi connectivity index (χ4v) is 3.63. The van der Waals surface area contributed by atoms with Gasteiger partial charge in [-0.3, -0.25) is 9.78 Å². The van der Waals surface area contributed by atoms with Gasteiger partial charge in [0.1, 0.15) is 5.69 Å². The molecule has 26 heavy (non-hydrogen) atoms. The first kappa shape index (κ1) is 18.5. The lowest BCUT2D eigenvalue weighted by atomic mass is 10.00. The van der Waals surface area contributed by atoms with Crippen LogP contribution in [0.4, 0.5) is 10.5 Å². The number of anilines is 1. The van der Waals surface area contributed by atoms with Gasteiger partial charge >= 0.3 is 6.09 Å². The molecule has 1 aromatic heterocycles. The summed E-state index contributed by atoms with van der Waals surface area (Å²) < 4.78 is 5.06. The summed E-state index contributed by atoms with van der Waals surface area (Å²) in [4.78, 5) is 34.7. The highest BCUT2D eigenvalue weighted by molar-refractivity contribution is 5.93. The zero-order valence-electron chi connectivity index (χ0n) is 15.7. The van der Waals surface area contributed by atoms with E-state index in [1.807, 2.05) is 24.0 Å². The summed E-state index contributed by atoms with van der Waals surface area (Å²) in [5, 5.41) is 0. The first-order valence-corrected chi connectivity index (χ1v) is 9.50. The number of ether oxygens (including phenoxy) is 1. The highest BCUT2D eigenvalue weighted by Gasteiger charge is 2.25. The highest BCUT2D eigenvalue weighted by Crippen LogP contribution is 2.21. The number of pyridine rings is 1. The van der Waals surface area contributed by atoms with Crippen LogP contribution in [0.2, 0.25) is 0 Å². The minimum absolute atomic E-state index is 0.0172. The Morgan fingerprint density at radius 1 is 1.19 bits per heavy atom. The van der Waals surface area contributed by atoms with Crippen LogP contribution in [0, 0.1) is 5.92 Å². The third-order valence-corrected chi connectivity index (χ3v) is 5.08. The number of likely N-dealkylation sites (tertiary alicyclic amines) is 1. The van der Waals surface area contributed by atoms with Crippen molar-refractivity contribution in [2.24, 2.45) is 5.92 Å². The molecule has 0 aromatic carbocycles. The summed E-state index contributed by atoms with van der Waals surface area (Å²) in [5.74, 6) is 0.565. The number of amides is 2. The Kier molecular flexibility index (Phi) is 5.96. The van der Waals surface area contributed by atoms with Gasteiger partial charge in [0.2, 0.25) is 0 Å². The van der Waals surface area contributed by atoms with Crippen molar-refractivity contribution in [2.75, 3.05) is 50.8 Å². The van der Waals surface area contributed by atoms with Gasteiger partial charge < -0.3 is 19.4 Å². The molecule has 0 radical (unpaired) electrons. The molecule has 3 rings (SSSR count). The lowest BCUT2D eigenvalue weighted by Gasteiger charge is -2.35. The molecule has 0 aliphatic carbocycles. The maximum Gasteiger partial charge on any atom is 0.409 e. The molecule has 2 aliphatic heterocycles. The number of nitrogens with zero attached hydrogens (tertiary/aromatic N) is 4. The molecule has 0 bridgehead atoms. The first-order valence-electron chi connectivity index (χ1n) is 9.50. The third-order valence-electron chi connectivity index (χ3n) is 5.08. The highest BCUT2D eigenvalue weighted by atomic mass is 16.6. The Balaban J connectivity index is 1.63. The average molecular weight is 360 g/mol. The second-order valence-electron chi connectivity index (χ2n) is 7.07. The van der Waals surface area contributed by atoms with Crippen LogP contribution in [-0.4, -0.2) is 72.7 Å². The van der Waals surface area contributed by atoms with Crippen LogP contribution in [-0.2, 0) is 4.74 Å². The van der Waals surface area contributed by atoms with E-state index in [1.54, 1.807) is 11.1 Å². The molecule has 2 fully saturated rings. The van der Waals surface area contributed by atoms with Gasteiger partial charge in [-0.1, -0.05) is 6.92 Å². The largest absolute Gasteiger partial charge is 0.450 e. The van der Waals surface area contributed by atoms with Crippen LogP contribution in [0.5, 0.6) is 0 Å². The Bertz CT molecular complexity index is 643. The monoisotopic (exact) mass is 360 g/mol. The molecule has 142 valence electrons. The Morgan fingerprint density at radius 3 is 2.65 bits per heavy atom. The lowest BCUT2D eigenvalue weighted by molar-refractivity contribution is 0.0677. The van der Waals surface area contributed by atoms with Gasteiger partial charge in [-0.15, -0.1) is 0 Å². The molecule has 0 spiro atoms. The third kappa shape index (κ3) is 4.26. The normalized spacial score (nSPS) is 20.8. The van der Waals surface area contributed by atoms with E-state index < -0.39 is 0 Å². The van der Waals surface area contributed by atoms with E-state index >= 15 is 0 Å². The molecule has 2 amide bonds. The summed E-state index contributed by atoms with van der Waals surface area (Å²) in [6.07, 6.45) is 3.69. The van der Waals surface area contributed by atoms with Crippen molar-refractivity contribution in [3.63, 3.8) is 0 Å². The van der Waals surface area contributed by atoms with E-state index in [1.165, 1.54) is 6.42 Å². The second-order valence-corrected chi connectivity index (χ2v) is 7.07. The zero-order valence-corrected chi connectivity index (χ0v) is 15.7. The molecule has 0 N–H and O–H groups in total. The van der Waals surface area contributed by atoms with Crippen LogP contribution in [0.3, 0.4) is 0 Å². The van der Waals surface area contributed by atoms with Gasteiger partial charge in [0.15, 0.2) is 0 Å². The van der Waals surface area contributed by atoms with Crippen molar-refractivity contribution in [1.29, 1.82) is 0 Å². The molecule has 0 saturated carbocycles. The number of hydrogen-bond acceptors (Lipinski definition) is 5. The lowest BCUT2D eigenvalue weighted by Crippen LogP contribution is -2.49. The SMILES string of the molecule is CCOC(=O)N1CCN(c2ccnc(C(=O)N3CCCC(C)C3)c2)CC1. The standard InChI is InChI=1S/C19H28N4O3/c1-3-26-19(25)22-11-9-21(10-12-22)16-6-7-20-17(13-16)18(24)23-8-4-5-15(2)14-23/h6-7,13,15H,3-5,8-12,14H2,1-2H3. The molecule has 2 saturated heterocycles. The molecular weight excluding hydrogens is 332 g/mol. The van der Waals surface area contributed by atoms with Gasteiger partial charge in [-0.2, -0.15) is 0 Å². The molecule has 7 heteroatoms. The molecule has 3 heterocycles. The molecule has 7 nitrogen and oxygen atoms in total. The van der Waals surface area contributed by atoms with E-state index in [0.717, 1.165) is 38.3 Å². The number of rotatable bonds is 3. The number of aromatic nitrogens is 1. The maximum absolute atomic E-state index is 12.8. The molecule has 1 atom stereocenters. The van der Waals surface area contributed by atoms with Crippen LogP contribution >= 0.6 is 0 Å². The fraction of sp³-hybridized carbons (Fsp3) is 0.632. The summed E-state index contributed by atoms with van der Waals surface area (Å²) in [5.41, 5.74) is 1.49. The van der Waals surface area contributed by atoms with Gasteiger partial charge in [0, 0.05) is 51.2 Å². The quantitative estimate of drug-likeness (QED) is 0.827. The first-order chi connectivity index (χ1) is 12.6. The van der Waals surface area contributed by atoms with Crippen LogP contribution < -0.4 is 4.90 Å². The second kappa shape index (κ2) is 8.38. The zero-order chi connectivity index (χ0) is 18.5. The Morgan fingerprint density at radius 2 is 1.96 bits per heavy atom. The smallest absolute Gasteiger partial charge is 0.409 e.